The topological polar surface area (TPSA) is 72.8 Å². The summed E-state index contributed by atoms with van der Waals surface area (Å²) in [6.45, 7) is -2.53. The Morgan fingerprint density at radius 2 is 0.909 bits per heavy atom. The molecule has 0 aliphatic heterocycles. The van der Waals surface area contributed by atoms with E-state index in [4.69, 9.17) is 16.3 Å². The molecular weight excluding hydrogens is 548 g/mol. The van der Waals surface area contributed by atoms with Crippen LogP contribution >= 0.6 is 0 Å². The van der Waals surface area contributed by atoms with Crippen LogP contribution in [0.1, 0.15) is 213 Å². The molecule has 0 radical (unpaired) electrons. The number of carbonyl (C=O) groups is 2. The highest BCUT2D eigenvalue weighted by Gasteiger charge is 2.16. The molecule has 0 spiro atoms. The van der Waals surface area contributed by atoms with E-state index in [0.29, 0.717) is 12.8 Å². The largest absolute Gasteiger partial charge is 0.462 e. The predicted molar refractivity (Wildman–Crippen MR) is 187 cm³/mol. The van der Waals surface area contributed by atoms with Crippen LogP contribution in [0.3, 0.4) is 0 Å². The minimum Gasteiger partial charge on any atom is -0.462 e. The van der Waals surface area contributed by atoms with E-state index in [1.54, 1.807) is 0 Å². The van der Waals surface area contributed by atoms with Crippen molar-refractivity contribution < 1.29 is 31.0 Å². The van der Waals surface area contributed by atoms with Crippen LogP contribution in [0.2, 0.25) is 0 Å². The fourth-order valence-corrected chi connectivity index (χ4v) is 5.37. The maximum absolute atomic E-state index is 12.5. The Morgan fingerprint density at radius 1 is 0.568 bits per heavy atom. The molecule has 1 atom stereocenters. The van der Waals surface area contributed by atoms with Gasteiger partial charge in [0.2, 0.25) is 0 Å². The summed E-state index contributed by atoms with van der Waals surface area (Å²) in [6, 6.07) is 0. The van der Waals surface area contributed by atoms with E-state index in [1.165, 1.54) is 103 Å². The highest BCUT2D eigenvalue weighted by atomic mass is 16.6. The molecule has 0 aliphatic carbocycles. The van der Waals surface area contributed by atoms with Crippen LogP contribution in [0.5, 0.6) is 0 Å². The van der Waals surface area contributed by atoms with Gasteiger partial charge in [0.05, 0.1) is 13.4 Å². The van der Waals surface area contributed by atoms with E-state index in [-0.39, 0.29) is 12.8 Å². The standard InChI is InChI=1S/C39H74O5/c1-3-5-7-9-11-13-15-17-19-21-23-25-27-29-31-33-38(41)43-36-37(35-40)44-39(42)34-32-30-28-26-24-22-20-18-16-14-12-10-8-6-4-2/h17,19,37,40H,3-16,18,20-36H2,1-2H3/b19-17-/i35D2,36D2,37D. The molecule has 0 bridgehead atoms. The Morgan fingerprint density at radius 3 is 1.30 bits per heavy atom. The van der Waals surface area contributed by atoms with Crippen LogP contribution in [0, 0.1) is 0 Å². The summed E-state index contributed by atoms with van der Waals surface area (Å²) in [5, 5.41) is 9.99. The number of aliphatic hydroxyl groups is 1. The molecule has 5 nitrogen and oxygen atoms in total. The molecule has 0 amide bonds. The van der Waals surface area contributed by atoms with Gasteiger partial charge in [-0.2, -0.15) is 0 Å². The zero-order chi connectivity index (χ0) is 36.7. The predicted octanol–water partition coefficient (Wildman–Crippen LogP) is 11.7. The molecule has 0 aromatic rings. The van der Waals surface area contributed by atoms with Gasteiger partial charge < -0.3 is 14.6 Å². The number of unbranched alkanes of at least 4 members (excludes halogenated alkanes) is 25. The van der Waals surface area contributed by atoms with Crippen LogP contribution < -0.4 is 0 Å². The van der Waals surface area contributed by atoms with E-state index < -0.39 is 31.1 Å². The lowest BCUT2D eigenvalue weighted by Crippen LogP contribution is -2.28. The van der Waals surface area contributed by atoms with Crippen molar-refractivity contribution in [3.63, 3.8) is 0 Å². The summed E-state index contributed by atoms with van der Waals surface area (Å²) in [5.74, 6) is -1.98. The van der Waals surface area contributed by atoms with Crippen molar-refractivity contribution in [3.8, 4) is 0 Å². The minimum atomic E-state index is -3.61. The zero-order valence-corrected chi connectivity index (χ0v) is 28.9. The zero-order valence-electron chi connectivity index (χ0n) is 33.9. The fraction of sp³-hybridized carbons (Fsp3) is 0.897. The van der Waals surface area contributed by atoms with Gasteiger partial charge in [-0.1, -0.05) is 167 Å². The van der Waals surface area contributed by atoms with Gasteiger partial charge >= 0.3 is 11.9 Å². The Hall–Kier alpha value is -1.36. The highest BCUT2D eigenvalue weighted by Crippen LogP contribution is 2.14. The number of hydrogen-bond acceptors (Lipinski definition) is 5. The van der Waals surface area contributed by atoms with Gasteiger partial charge in [0.1, 0.15) is 6.56 Å². The molecular formula is C39H74O5. The Bertz CT molecular complexity index is 833. The molecule has 260 valence electrons. The maximum Gasteiger partial charge on any atom is 0.306 e. The van der Waals surface area contributed by atoms with Crippen molar-refractivity contribution in [1.82, 2.24) is 0 Å². The summed E-state index contributed by atoms with van der Waals surface area (Å²) < 4.78 is 49.4. The van der Waals surface area contributed by atoms with Gasteiger partial charge in [0.25, 0.3) is 0 Å². The number of hydrogen-bond donors (Lipinski definition) is 1. The Balaban J connectivity index is 4.19. The lowest BCUT2D eigenvalue weighted by molar-refractivity contribution is -0.161. The molecule has 0 saturated carbocycles. The second-order valence-corrected chi connectivity index (χ2v) is 12.5. The SMILES string of the molecule is [2H]C([2H])(O)C([2H])(OC(=O)CCCCCCCCCCCCCCCCC)C([2H])([2H])OC(=O)CCCCCCC/C=C\CCCCCCCC. The second kappa shape index (κ2) is 36.1. The number of rotatable bonds is 35. The van der Waals surface area contributed by atoms with Gasteiger partial charge in [-0.3, -0.25) is 9.59 Å². The number of allylic oxidation sites excluding steroid dienone is 2. The molecule has 5 heteroatoms. The molecule has 1 N–H and O–H groups in total. The average molecular weight is 628 g/mol. The fourth-order valence-electron chi connectivity index (χ4n) is 5.37. The van der Waals surface area contributed by atoms with E-state index in [2.05, 4.69) is 26.0 Å². The molecule has 44 heavy (non-hydrogen) atoms. The molecule has 0 rings (SSSR count). The third kappa shape index (κ3) is 33.5. The third-order valence-corrected chi connectivity index (χ3v) is 8.20. The van der Waals surface area contributed by atoms with Gasteiger partial charge in [-0.15, -0.1) is 0 Å². The first-order valence-electron chi connectivity index (χ1n) is 21.2. The van der Waals surface area contributed by atoms with E-state index in [0.717, 1.165) is 64.2 Å². The van der Waals surface area contributed by atoms with Crippen molar-refractivity contribution >= 4 is 11.9 Å². The minimum absolute atomic E-state index is 0.116. The van der Waals surface area contributed by atoms with Crippen molar-refractivity contribution in [2.24, 2.45) is 0 Å². The lowest BCUT2D eigenvalue weighted by Gasteiger charge is -2.15. The maximum atomic E-state index is 12.5. The summed E-state index contributed by atoms with van der Waals surface area (Å²) >= 11 is 0. The molecule has 0 heterocycles. The molecule has 0 aliphatic rings. The first-order valence-corrected chi connectivity index (χ1v) is 18.7. The molecule has 0 aromatic carbocycles. The second-order valence-electron chi connectivity index (χ2n) is 12.5. The summed E-state index contributed by atoms with van der Waals surface area (Å²) in [6.07, 6.45) is 32.4. The quantitative estimate of drug-likeness (QED) is 0.0430. The number of ether oxygens (including phenoxy) is 2. The monoisotopic (exact) mass is 628 g/mol. The summed E-state index contributed by atoms with van der Waals surface area (Å²) in [7, 11) is 0. The van der Waals surface area contributed by atoms with Crippen molar-refractivity contribution in [2.45, 2.75) is 213 Å². The lowest BCUT2D eigenvalue weighted by atomic mass is 10.0. The number of esters is 2. The van der Waals surface area contributed by atoms with Crippen LogP contribution in [-0.2, 0) is 19.1 Å². The number of carbonyl (C=O) groups excluding carboxylic acids is 2. The molecule has 0 saturated heterocycles. The van der Waals surface area contributed by atoms with Gasteiger partial charge in [-0.05, 0) is 38.5 Å². The Kier molecular flexibility index (Phi) is 27.9. The van der Waals surface area contributed by atoms with Crippen molar-refractivity contribution in [2.75, 3.05) is 13.1 Å². The van der Waals surface area contributed by atoms with E-state index >= 15 is 0 Å². The first-order chi connectivity index (χ1) is 23.4. The van der Waals surface area contributed by atoms with Gasteiger partial charge in [-0.25, -0.2) is 0 Å². The smallest absolute Gasteiger partial charge is 0.306 e. The summed E-state index contributed by atoms with van der Waals surface area (Å²) in [4.78, 5) is 24.9. The van der Waals surface area contributed by atoms with Crippen molar-refractivity contribution in [1.29, 1.82) is 0 Å². The van der Waals surface area contributed by atoms with E-state index in [1.807, 2.05) is 0 Å². The molecule has 0 fully saturated rings. The van der Waals surface area contributed by atoms with Crippen LogP contribution in [-0.4, -0.2) is 36.2 Å². The van der Waals surface area contributed by atoms with Gasteiger partial charge in [0.15, 0.2) is 6.08 Å². The van der Waals surface area contributed by atoms with E-state index in [9.17, 15) is 14.7 Å². The first kappa shape index (κ1) is 34.0. The third-order valence-electron chi connectivity index (χ3n) is 8.20. The average Bonchev–Trinajstić information content (AvgIpc) is 3.03. The molecule has 0 aromatic heterocycles. The van der Waals surface area contributed by atoms with Crippen molar-refractivity contribution in [3.05, 3.63) is 12.2 Å². The van der Waals surface area contributed by atoms with Gasteiger partial charge in [0, 0.05) is 12.8 Å². The highest BCUT2D eigenvalue weighted by molar-refractivity contribution is 5.70. The van der Waals surface area contributed by atoms with Crippen LogP contribution in [0.4, 0.5) is 0 Å². The normalized spacial score (nSPS) is 15.2. The molecule has 1 unspecified atom stereocenters. The summed E-state index contributed by atoms with van der Waals surface area (Å²) in [5.41, 5.74) is 0. The van der Waals surface area contributed by atoms with Crippen LogP contribution in [0.25, 0.3) is 0 Å². The Labute approximate surface area is 280 Å². The van der Waals surface area contributed by atoms with Crippen LogP contribution in [0.15, 0.2) is 12.2 Å².